The average molecular weight is 408 g/mol. The van der Waals surface area contributed by atoms with Crippen LogP contribution in [0.4, 0.5) is 0 Å². The largest absolute Gasteiger partial charge is 0.497 e. The van der Waals surface area contributed by atoms with Gasteiger partial charge in [0.05, 0.1) is 20.1 Å². The zero-order chi connectivity index (χ0) is 21.1. The molecule has 1 saturated heterocycles. The number of nitrogens with zero attached hydrogens (tertiary/aromatic N) is 1. The fourth-order valence-electron chi connectivity index (χ4n) is 4.14. The highest BCUT2D eigenvalue weighted by molar-refractivity contribution is 5.95. The molecule has 1 aliphatic heterocycles. The number of carbonyl (C=O) groups excluding carboxylic acids is 2. The lowest BCUT2D eigenvalue weighted by atomic mass is 9.87. The van der Waals surface area contributed by atoms with Gasteiger partial charge in [-0.25, -0.2) is 0 Å². The van der Waals surface area contributed by atoms with Gasteiger partial charge in [-0.15, -0.1) is 0 Å². The Bertz CT molecular complexity index is 911. The normalized spacial score (nSPS) is 20.7. The quantitative estimate of drug-likeness (QED) is 0.765. The molecule has 2 aliphatic rings. The molecule has 2 aromatic carbocycles. The molecule has 0 unspecified atom stereocenters. The minimum absolute atomic E-state index is 0.00753. The van der Waals surface area contributed by atoms with Crippen LogP contribution in [0.2, 0.25) is 0 Å². The molecule has 2 fully saturated rings. The molecule has 0 radical (unpaired) electrons. The molecule has 30 heavy (non-hydrogen) atoms. The number of methoxy groups -OCH3 is 2. The monoisotopic (exact) mass is 408 g/mol. The van der Waals surface area contributed by atoms with Crippen LogP contribution in [0.3, 0.4) is 0 Å². The van der Waals surface area contributed by atoms with E-state index in [1.54, 1.807) is 19.1 Å². The minimum Gasteiger partial charge on any atom is -0.497 e. The first-order valence-corrected chi connectivity index (χ1v) is 10.4. The summed E-state index contributed by atoms with van der Waals surface area (Å²) in [6.45, 7) is 1.58. The Morgan fingerprint density at radius 3 is 2.47 bits per heavy atom. The average Bonchev–Trinajstić information content (AvgIpc) is 3.53. The van der Waals surface area contributed by atoms with Gasteiger partial charge in [-0.05, 0) is 37.0 Å². The number of hydrogen-bond donors (Lipinski definition) is 1. The molecule has 6 heteroatoms. The molecule has 4 rings (SSSR count). The standard InChI is InChI=1S/C24H28N2O4/c1-29-18-10-11-19(22(12-18)30-2)20-14-26(24(28)17-6-4-3-5-7-17)15-21(20)23(27)25-13-16-8-9-16/h3-7,10-12,16,20-21H,8-9,13-15H2,1-2H3,(H,25,27)/t20-,21+/m1/s1. The molecule has 0 spiro atoms. The van der Waals surface area contributed by atoms with E-state index in [1.165, 1.54) is 12.8 Å². The van der Waals surface area contributed by atoms with Crippen LogP contribution < -0.4 is 14.8 Å². The van der Waals surface area contributed by atoms with Gasteiger partial charge >= 0.3 is 0 Å². The molecule has 0 bridgehead atoms. The third-order valence-corrected chi connectivity index (χ3v) is 6.07. The Balaban J connectivity index is 1.61. The van der Waals surface area contributed by atoms with Crippen molar-refractivity contribution < 1.29 is 19.1 Å². The van der Waals surface area contributed by atoms with Gasteiger partial charge < -0.3 is 19.7 Å². The molecule has 1 aliphatic carbocycles. The summed E-state index contributed by atoms with van der Waals surface area (Å²) in [5, 5.41) is 3.10. The van der Waals surface area contributed by atoms with Gasteiger partial charge in [-0.2, -0.15) is 0 Å². The molecule has 1 saturated carbocycles. The fraction of sp³-hybridized carbons (Fsp3) is 0.417. The van der Waals surface area contributed by atoms with E-state index in [2.05, 4.69) is 5.32 Å². The third-order valence-electron chi connectivity index (χ3n) is 6.07. The highest BCUT2D eigenvalue weighted by Crippen LogP contribution is 2.40. The Labute approximate surface area is 177 Å². The molecular formula is C24H28N2O4. The van der Waals surface area contributed by atoms with Gasteiger partial charge in [0.1, 0.15) is 11.5 Å². The summed E-state index contributed by atoms with van der Waals surface area (Å²) in [7, 11) is 3.22. The predicted molar refractivity (Wildman–Crippen MR) is 114 cm³/mol. The molecule has 158 valence electrons. The topological polar surface area (TPSA) is 67.9 Å². The van der Waals surface area contributed by atoms with E-state index in [1.807, 2.05) is 48.5 Å². The van der Waals surface area contributed by atoms with Crippen LogP contribution in [0.25, 0.3) is 0 Å². The lowest BCUT2D eigenvalue weighted by Crippen LogP contribution is -2.36. The number of hydrogen-bond acceptors (Lipinski definition) is 4. The highest BCUT2D eigenvalue weighted by atomic mass is 16.5. The van der Waals surface area contributed by atoms with E-state index in [0.717, 1.165) is 5.56 Å². The molecule has 0 aromatic heterocycles. The second-order valence-corrected chi connectivity index (χ2v) is 8.09. The summed E-state index contributed by atoms with van der Waals surface area (Å²) in [4.78, 5) is 27.9. The molecule has 2 amide bonds. The first kappa shape index (κ1) is 20.3. The SMILES string of the molecule is COc1ccc([C@H]2CN(C(=O)c3ccccc3)C[C@@H]2C(=O)NCC2CC2)c(OC)c1. The van der Waals surface area contributed by atoms with Crippen molar-refractivity contribution in [1.29, 1.82) is 0 Å². The van der Waals surface area contributed by atoms with E-state index in [-0.39, 0.29) is 23.7 Å². The lowest BCUT2D eigenvalue weighted by molar-refractivity contribution is -0.125. The van der Waals surface area contributed by atoms with E-state index < -0.39 is 0 Å². The first-order chi connectivity index (χ1) is 14.6. The van der Waals surface area contributed by atoms with E-state index in [0.29, 0.717) is 42.6 Å². The maximum atomic E-state index is 13.1. The molecular weight excluding hydrogens is 380 g/mol. The van der Waals surface area contributed by atoms with Crippen LogP contribution in [0.15, 0.2) is 48.5 Å². The fourth-order valence-corrected chi connectivity index (χ4v) is 4.14. The molecule has 2 aromatic rings. The van der Waals surface area contributed by atoms with Crippen LogP contribution in [0, 0.1) is 11.8 Å². The second kappa shape index (κ2) is 8.78. The van der Waals surface area contributed by atoms with Crippen LogP contribution in [0.1, 0.15) is 34.7 Å². The van der Waals surface area contributed by atoms with Gasteiger partial charge in [0, 0.05) is 42.7 Å². The van der Waals surface area contributed by atoms with Crippen molar-refractivity contribution in [3.63, 3.8) is 0 Å². The summed E-state index contributed by atoms with van der Waals surface area (Å²) in [6, 6.07) is 14.9. The molecule has 1 heterocycles. The molecule has 1 N–H and O–H groups in total. The van der Waals surface area contributed by atoms with Crippen molar-refractivity contribution in [1.82, 2.24) is 10.2 Å². The highest BCUT2D eigenvalue weighted by Gasteiger charge is 2.42. The summed E-state index contributed by atoms with van der Waals surface area (Å²) in [5.74, 6) is 1.47. The number of ether oxygens (including phenoxy) is 2. The van der Waals surface area contributed by atoms with E-state index >= 15 is 0 Å². The summed E-state index contributed by atoms with van der Waals surface area (Å²) in [5.41, 5.74) is 1.56. The number of benzene rings is 2. The molecule has 2 atom stereocenters. The van der Waals surface area contributed by atoms with Gasteiger partial charge in [-0.1, -0.05) is 24.3 Å². The van der Waals surface area contributed by atoms with Gasteiger partial charge in [-0.3, -0.25) is 9.59 Å². The zero-order valence-electron chi connectivity index (χ0n) is 17.5. The minimum atomic E-state index is -0.321. The summed E-state index contributed by atoms with van der Waals surface area (Å²) < 4.78 is 10.9. The Kier molecular flexibility index (Phi) is 5.93. The zero-order valence-corrected chi connectivity index (χ0v) is 17.5. The maximum absolute atomic E-state index is 13.1. The second-order valence-electron chi connectivity index (χ2n) is 8.09. The van der Waals surface area contributed by atoms with Gasteiger partial charge in [0.2, 0.25) is 5.91 Å². The maximum Gasteiger partial charge on any atom is 0.253 e. The van der Waals surface area contributed by atoms with Crippen LogP contribution in [0.5, 0.6) is 11.5 Å². The van der Waals surface area contributed by atoms with Gasteiger partial charge in [0.15, 0.2) is 0 Å². The van der Waals surface area contributed by atoms with Crippen molar-refractivity contribution in [2.24, 2.45) is 11.8 Å². The lowest BCUT2D eigenvalue weighted by Gasteiger charge is -2.21. The predicted octanol–water partition coefficient (Wildman–Crippen LogP) is 3.09. The van der Waals surface area contributed by atoms with Crippen LogP contribution in [-0.4, -0.2) is 50.6 Å². The van der Waals surface area contributed by atoms with Crippen molar-refractivity contribution >= 4 is 11.8 Å². The summed E-state index contributed by atoms with van der Waals surface area (Å²) >= 11 is 0. The van der Waals surface area contributed by atoms with Crippen molar-refractivity contribution in [2.75, 3.05) is 33.9 Å². The van der Waals surface area contributed by atoms with Crippen LogP contribution >= 0.6 is 0 Å². The number of amides is 2. The first-order valence-electron chi connectivity index (χ1n) is 10.4. The third kappa shape index (κ3) is 4.27. The number of carbonyl (C=O) groups is 2. The van der Waals surface area contributed by atoms with E-state index in [4.69, 9.17) is 9.47 Å². The number of rotatable bonds is 7. The van der Waals surface area contributed by atoms with Crippen molar-refractivity contribution in [3.8, 4) is 11.5 Å². The Morgan fingerprint density at radius 1 is 1.03 bits per heavy atom. The number of nitrogens with one attached hydrogen (secondary N) is 1. The summed E-state index contributed by atoms with van der Waals surface area (Å²) in [6.07, 6.45) is 2.36. The smallest absolute Gasteiger partial charge is 0.253 e. The Hall–Kier alpha value is -3.02. The number of likely N-dealkylation sites (tertiary alicyclic amines) is 1. The Morgan fingerprint density at radius 2 is 1.80 bits per heavy atom. The van der Waals surface area contributed by atoms with E-state index in [9.17, 15) is 9.59 Å². The van der Waals surface area contributed by atoms with Gasteiger partial charge in [0.25, 0.3) is 5.91 Å². The van der Waals surface area contributed by atoms with Crippen molar-refractivity contribution in [3.05, 3.63) is 59.7 Å². The van der Waals surface area contributed by atoms with Crippen molar-refractivity contribution in [2.45, 2.75) is 18.8 Å². The molecule has 6 nitrogen and oxygen atoms in total. The van der Waals surface area contributed by atoms with Crippen LogP contribution in [-0.2, 0) is 4.79 Å².